The number of allylic oxidation sites excluding steroid dienone is 3. The van der Waals surface area contributed by atoms with E-state index in [4.69, 9.17) is 34.8 Å². The summed E-state index contributed by atoms with van der Waals surface area (Å²) in [6.45, 7) is 3.72. The van der Waals surface area contributed by atoms with E-state index in [2.05, 4.69) is 21.2 Å². The fourth-order valence-electron chi connectivity index (χ4n) is 3.51. The standard InChI is InChI=1S/C27H24BrCl3F3NO2/c1-3-14(2)25(36)23(11-16-4-5-16)35-26(37)18-8-6-15(10-20(18)28)7-9-19(27(32,33)34)17-12-21(29)24(31)22(30)13-17/h6-14,16,19H,3-5H2,1-2H3,(H,35,37). The first kappa shape index (κ1) is 29.8. The topological polar surface area (TPSA) is 46.2 Å². The van der Waals surface area contributed by atoms with E-state index in [1.54, 1.807) is 0 Å². The van der Waals surface area contributed by atoms with Crippen LogP contribution in [0.2, 0.25) is 15.1 Å². The van der Waals surface area contributed by atoms with Gasteiger partial charge < -0.3 is 5.32 Å². The highest BCUT2D eigenvalue weighted by Gasteiger charge is 2.39. The smallest absolute Gasteiger partial charge is 0.319 e. The molecule has 1 amide bonds. The third-order valence-electron chi connectivity index (χ3n) is 6.03. The first-order valence-electron chi connectivity index (χ1n) is 11.6. The molecule has 3 rings (SSSR count). The number of hydrogen-bond donors (Lipinski definition) is 1. The lowest BCUT2D eigenvalue weighted by atomic mass is 9.97. The molecule has 1 saturated carbocycles. The van der Waals surface area contributed by atoms with Gasteiger partial charge in [0.15, 0.2) is 5.78 Å². The number of alkyl halides is 3. The molecule has 2 aromatic rings. The van der Waals surface area contributed by atoms with Crippen molar-refractivity contribution in [2.45, 2.75) is 45.2 Å². The van der Waals surface area contributed by atoms with Gasteiger partial charge in [-0.05, 0) is 76.5 Å². The Morgan fingerprint density at radius 3 is 2.27 bits per heavy atom. The molecule has 0 aromatic heterocycles. The van der Waals surface area contributed by atoms with E-state index in [-0.39, 0.29) is 49.5 Å². The van der Waals surface area contributed by atoms with Crippen molar-refractivity contribution in [1.29, 1.82) is 0 Å². The van der Waals surface area contributed by atoms with Crippen LogP contribution in [0.5, 0.6) is 0 Å². The third kappa shape index (κ3) is 7.85. The second kappa shape index (κ2) is 12.4. The van der Waals surface area contributed by atoms with Gasteiger partial charge in [0.05, 0.1) is 32.2 Å². The summed E-state index contributed by atoms with van der Waals surface area (Å²) < 4.78 is 41.8. The van der Waals surface area contributed by atoms with Gasteiger partial charge in [-0.1, -0.05) is 72.9 Å². The molecular weight excluding hydrogens is 614 g/mol. The SMILES string of the molecule is CCC(C)C(=O)C(=CC1CC1)NC(=O)c1ccc(C=CC(c2cc(Cl)c(Cl)c(Cl)c2)C(F)(F)F)cc1Br. The monoisotopic (exact) mass is 635 g/mol. The predicted octanol–water partition coefficient (Wildman–Crippen LogP) is 9.41. The third-order valence-corrected chi connectivity index (χ3v) is 7.89. The van der Waals surface area contributed by atoms with Crippen LogP contribution >= 0.6 is 50.7 Å². The van der Waals surface area contributed by atoms with Gasteiger partial charge in [-0.15, -0.1) is 0 Å². The summed E-state index contributed by atoms with van der Waals surface area (Å²) >= 11 is 21.1. The van der Waals surface area contributed by atoms with E-state index < -0.39 is 18.0 Å². The first-order chi connectivity index (χ1) is 17.3. The molecule has 0 heterocycles. The van der Waals surface area contributed by atoms with Crippen LogP contribution in [0.15, 0.2) is 52.7 Å². The van der Waals surface area contributed by atoms with Crippen molar-refractivity contribution < 1.29 is 22.8 Å². The molecule has 1 fully saturated rings. The molecule has 1 aliphatic carbocycles. The molecule has 10 heteroatoms. The summed E-state index contributed by atoms with van der Waals surface area (Å²) in [7, 11) is 0. The second-order valence-corrected chi connectivity index (χ2v) is 11.0. The minimum Gasteiger partial charge on any atom is -0.319 e. The summed E-state index contributed by atoms with van der Waals surface area (Å²) in [6, 6.07) is 6.80. The number of hydrogen-bond acceptors (Lipinski definition) is 2. The van der Waals surface area contributed by atoms with Gasteiger partial charge in [0.25, 0.3) is 5.91 Å². The fraction of sp³-hybridized carbons (Fsp3) is 0.333. The highest BCUT2D eigenvalue weighted by molar-refractivity contribution is 9.10. The van der Waals surface area contributed by atoms with Gasteiger partial charge in [0.1, 0.15) is 0 Å². The molecule has 198 valence electrons. The largest absolute Gasteiger partial charge is 0.399 e. The molecule has 0 spiro atoms. The van der Waals surface area contributed by atoms with Crippen molar-refractivity contribution in [2.24, 2.45) is 11.8 Å². The molecule has 0 saturated heterocycles. The maximum atomic E-state index is 13.8. The van der Waals surface area contributed by atoms with Gasteiger partial charge in [0.2, 0.25) is 0 Å². The van der Waals surface area contributed by atoms with Crippen LogP contribution in [-0.4, -0.2) is 17.9 Å². The summed E-state index contributed by atoms with van der Waals surface area (Å²) in [5.41, 5.74) is 0.804. The second-order valence-electron chi connectivity index (χ2n) is 8.96. The minimum absolute atomic E-state index is 0.0178. The first-order valence-corrected chi connectivity index (χ1v) is 13.5. The summed E-state index contributed by atoms with van der Waals surface area (Å²) in [6.07, 6.45) is 2.08. The zero-order valence-corrected chi connectivity index (χ0v) is 23.8. The van der Waals surface area contributed by atoms with Crippen LogP contribution in [0.3, 0.4) is 0 Å². The summed E-state index contributed by atoms with van der Waals surface area (Å²) in [4.78, 5) is 25.7. The molecular formula is C27H24BrCl3F3NO2. The van der Waals surface area contributed by atoms with E-state index in [0.29, 0.717) is 16.5 Å². The quantitative estimate of drug-likeness (QED) is 0.220. The van der Waals surface area contributed by atoms with Crippen LogP contribution in [0.25, 0.3) is 6.08 Å². The lowest BCUT2D eigenvalue weighted by Gasteiger charge is -2.18. The van der Waals surface area contributed by atoms with Crippen molar-refractivity contribution >= 4 is 68.5 Å². The maximum absolute atomic E-state index is 13.8. The number of ketones is 1. The number of halogens is 7. The van der Waals surface area contributed by atoms with E-state index in [0.717, 1.165) is 31.1 Å². The molecule has 2 aromatic carbocycles. The van der Waals surface area contributed by atoms with Crippen LogP contribution in [0, 0.1) is 11.8 Å². The number of nitrogens with one attached hydrogen (secondary N) is 1. The lowest BCUT2D eigenvalue weighted by Crippen LogP contribution is -2.30. The Morgan fingerprint density at radius 1 is 1.14 bits per heavy atom. The Labute approximate surface area is 237 Å². The molecule has 37 heavy (non-hydrogen) atoms. The Kier molecular flexibility index (Phi) is 9.95. The summed E-state index contributed by atoms with van der Waals surface area (Å²) in [5.74, 6) is -2.54. The number of carbonyl (C=O) groups excluding carboxylic acids is 2. The molecule has 0 radical (unpaired) electrons. The Bertz CT molecular complexity index is 1230. The number of rotatable bonds is 9. The number of carbonyl (C=O) groups is 2. The molecule has 2 atom stereocenters. The molecule has 1 N–H and O–H groups in total. The maximum Gasteiger partial charge on any atom is 0.399 e. The molecule has 0 aliphatic heterocycles. The molecule has 0 bridgehead atoms. The van der Waals surface area contributed by atoms with E-state index in [9.17, 15) is 22.8 Å². The van der Waals surface area contributed by atoms with Crippen molar-refractivity contribution in [3.05, 3.63) is 84.4 Å². The van der Waals surface area contributed by atoms with E-state index in [1.807, 2.05) is 19.9 Å². The number of amides is 1. The van der Waals surface area contributed by atoms with Gasteiger partial charge in [-0.25, -0.2) is 0 Å². The zero-order valence-electron chi connectivity index (χ0n) is 19.9. The van der Waals surface area contributed by atoms with Crippen molar-refractivity contribution in [1.82, 2.24) is 5.32 Å². The fourth-order valence-corrected chi connectivity index (χ4v) is 4.70. The van der Waals surface area contributed by atoms with E-state index >= 15 is 0 Å². The van der Waals surface area contributed by atoms with E-state index in [1.165, 1.54) is 24.3 Å². The van der Waals surface area contributed by atoms with Crippen LogP contribution in [0.1, 0.15) is 60.5 Å². The van der Waals surface area contributed by atoms with Crippen LogP contribution in [-0.2, 0) is 4.79 Å². The minimum atomic E-state index is -4.61. The molecule has 3 nitrogen and oxygen atoms in total. The van der Waals surface area contributed by atoms with Crippen LogP contribution in [0.4, 0.5) is 13.2 Å². The predicted molar refractivity (Wildman–Crippen MR) is 146 cm³/mol. The Hall–Kier alpha value is -1.80. The molecule has 1 aliphatic rings. The van der Waals surface area contributed by atoms with Gasteiger partial charge in [-0.3, -0.25) is 9.59 Å². The van der Waals surface area contributed by atoms with Crippen molar-refractivity contribution in [3.63, 3.8) is 0 Å². The highest BCUT2D eigenvalue weighted by atomic mass is 79.9. The van der Waals surface area contributed by atoms with Crippen molar-refractivity contribution in [3.8, 4) is 0 Å². The normalized spacial score (nSPS) is 16.1. The lowest BCUT2D eigenvalue weighted by molar-refractivity contribution is -0.139. The Morgan fingerprint density at radius 2 is 1.76 bits per heavy atom. The zero-order chi connectivity index (χ0) is 27.5. The average Bonchev–Trinajstić information content (AvgIpc) is 3.64. The van der Waals surface area contributed by atoms with Gasteiger partial charge in [-0.2, -0.15) is 13.2 Å². The highest BCUT2D eigenvalue weighted by Crippen LogP contribution is 2.41. The number of benzene rings is 2. The number of Topliss-reactive ketones (excluding diaryl/α,β-unsaturated/α-hetero) is 1. The van der Waals surface area contributed by atoms with Crippen molar-refractivity contribution in [2.75, 3.05) is 0 Å². The van der Waals surface area contributed by atoms with Gasteiger partial charge in [0, 0.05) is 10.4 Å². The van der Waals surface area contributed by atoms with Crippen LogP contribution < -0.4 is 5.32 Å². The average molecular weight is 638 g/mol. The summed E-state index contributed by atoms with van der Waals surface area (Å²) in [5, 5.41) is 2.55. The van der Waals surface area contributed by atoms with Gasteiger partial charge >= 0.3 is 6.18 Å². The Balaban J connectivity index is 1.83. The molecule has 2 unspecified atom stereocenters.